The predicted molar refractivity (Wildman–Crippen MR) is 137 cm³/mol. The maximum Gasteiger partial charge on any atom is 0.341 e. The molecule has 4 rings (SSSR count). The standard InChI is InChI=1S/C29H30N2O4/c1-29(2,3)21-14-15-27(35-19-28(32)33)23(16-21)24-17-25(22-12-8-9-13-26(22)34-4)31(30-24)18-20-10-6-5-7-11-20/h5-17H,18-19H2,1-4H3,(H,32,33). The lowest BCUT2D eigenvalue weighted by molar-refractivity contribution is -0.139. The molecule has 180 valence electrons. The van der Waals surface area contributed by atoms with Crippen LogP contribution in [0.25, 0.3) is 22.5 Å². The molecule has 1 aromatic heterocycles. The van der Waals surface area contributed by atoms with Gasteiger partial charge in [0, 0.05) is 11.1 Å². The summed E-state index contributed by atoms with van der Waals surface area (Å²) in [5, 5.41) is 14.2. The largest absolute Gasteiger partial charge is 0.496 e. The molecular formula is C29H30N2O4. The van der Waals surface area contributed by atoms with Gasteiger partial charge in [-0.1, -0.05) is 69.3 Å². The van der Waals surface area contributed by atoms with Gasteiger partial charge < -0.3 is 14.6 Å². The smallest absolute Gasteiger partial charge is 0.341 e. The fourth-order valence-corrected chi connectivity index (χ4v) is 3.96. The minimum absolute atomic E-state index is 0.0990. The van der Waals surface area contributed by atoms with Crippen molar-refractivity contribution in [2.24, 2.45) is 0 Å². The normalized spacial score (nSPS) is 11.3. The van der Waals surface area contributed by atoms with Crippen LogP contribution in [0.15, 0.2) is 78.9 Å². The van der Waals surface area contributed by atoms with E-state index in [1.54, 1.807) is 7.11 Å². The first kappa shape index (κ1) is 24.1. The summed E-state index contributed by atoms with van der Waals surface area (Å²) in [6.07, 6.45) is 0. The first-order chi connectivity index (χ1) is 16.8. The average Bonchev–Trinajstić information content (AvgIpc) is 3.25. The summed E-state index contributed by atoms with van der Waals surface area (Å²) in [5.74, 6) is 0.204. The summed E-state index contributed by atoms with van der Waals surface area (Å²) in [6.45, 7) is 6.55. The third-order valence-corrected chi connectivity index (χ3v) is 5.81. The molecule has 0 bridgehead atoms. The molecule has 0 saturated carbocycles. The van der Waals surface area contributed by atoms with Crippen LogP contribution in [-0.2, 0) is 16.8 Å². The van der Waals surface area contributed by atoms with Gasteiger partial charge in [-0.05, 0) is 46.9 Å². The molecule has 0 fully saturated rings. The lowest BCUT2D eigenvalue weighted by Crippen LogP contribution is -2.13. The van der Waals surface area contributed by atoms with E-state index in [2.05, 4.69) is 32.9 Å². The Morgan fingerprint density at radius 1 is 0.914 bits per heavy atom. The number of nitrogens with zero attached hydrogens (tertiary/aromatic N) is 2. The van der Waals surface area contributed by atoms with Crippen molar-refractivity contribution >= 4 is 5.97 Å². The molecule has 0 radical (unpaired) electrons. The summed E-state index contributed by atoms with van der Waals surface area (Å²) in [7, 11) is 1.66. The molecule has 0 amide bonds. The third kappa shape index (κ3) is 5.54. The molecule has 0 aliphatic heterocycles. The van der Waals surface area contributed by atoms with Gasteiger partial charge in [0.05, 0.1) is 25.0 Å². The number of hydrogen-bond acceptors (Lipinski definition) is 4. The van der Waals surface area contributed by atoms with Crippen LogP contribution in [0.4, 0.5) is 0 Å². The monoisotopic (exact) mass is 470 g/mol. The van der Waals surface area contributed by atoms with Crippen molar-refractivity contribution < 1.29 is 19.4 Å². The second-order valence-corrected chi connectivity index (χ2v) is 9.40. The summed E-state index contributed by atoms with van der Waals surface area (Å²) < 4.78 is 13.3. The summed E-state index contributed by atoms with van der Waals surface area (Å²) in [4.78, 5) is 11.2. The van der Waals surface area contributed by atoms with E-state index in [0.29, 0.717) is 18.0 Å². The van der Waals surface area contributed by atoms with E-state index in [1.807, 2.05) is 71.4 Å². The highest BCUT2D eigenvalue weighted by atomic mass is 16.5. The molecule has 0 aliphatic carbocycles. The zero-order valence-electron chi connectivity index (χ0n) is 20.5. The lowest BCUT2D eigenvalue weighted by Gasteiger charge is -2.21. The molecule has 0 spiro atoms. The number of aliphatic carboxylic acids is 1. The topological polar surface area (TPSA) is 73.6 Å². The molecule has 4 aromatic rings. The number of carboxylic acid groups (broad SMARTS) is 1. The number of aromatic nitrogens is 2. The van der Waals surface area contributed by atoms with Crippen LogP contribution in [0.1, 0.15) is 31.9 Å². The second-order valence-electron chi connectivity index (χ2n) is 9.40. The molecule has 35 heavy (non-hydrogen) atoms. The van der Waals surface area contributed by atoms with Gasteiger partial charge in [0.15, 0.2) is 6.61 Å². The minimum atomic E-state index is -1.03. The Morgan fingerprint density at radius 3 is 2.31 bits per heavy atom. The second kappa shape index (κ2) is 10.1. The first-order valence-corrected chi connectivity index (χ1v) is 11.5. The van der Waals surface area contributed by atoms with E-state index < -0.39 is 12.6 Å². The van der Waals surface area contributed by atoms with Crippen LogP contribution >= 0.6 is 0 Å². The lowest BCUT2D eigenvalue weighted by atomic mass is 9.85. The number of benzene rings is 3. The number of rotatable bonds is 8. The van der Waals surface area contributed by atoms with Crippen LogP contribution in [0.2, 0.25) is 0 Å². The van der Waals surface area contributed by atoms with Crippen molar-refractivity contribution in [1.82, 2.24) is 9.78 Å². The molecule has 6 nitrogen and oxygen atoms in total. The van der Waals surface area contributed by atoms with Crippen LogP contribution < -0.4 is 9.47 Å². The highest BCUT2D eigenvalue weighted by Crippen LogP contribution is 2.38. The fourth-order valence-electron chi connectivity index (χ4n) is 3.96. The highest BCUT2D eigenvalue weighted by molar-refractivity contribution is 5.76. The SMILES string of the molecule is COc1ccccc1-c1cc(-c2cc(C(C)(C)C)ccc2OCC(=O)O)nn1Cc1ccccc1. The van der Waals surface area contributed by atoms with Gasteiger partial charge in [0.1, 0.15) is 11.5 Å². The van der Waals surface area contributed by atoms with Crippen molar-refractivity contribution in [2.75, 3.05) is 13.7 Å². The predicted octanol–water partition coefficient (Wildman–Crippen LogP) is 6.03. The van der Waals surface area contributed by atoms with E-state index in [9.17, 15) is 9.90 Å². The Kier molecular flexibility index (Phi) is 6.92. The zero-order chi connectivity index (χ0) is 25.0. The van der Waals surface area contributed by atoms with Crippen molar-refractivity contribution in [1.29, 1.82) is 0 Å². The number of hydrogen-bond donors (Lipinski definition) is 1. The number of carbonyl (C=O) groups is 1. The van der Waals surface area contributed by atoms with Crippen molar-refractivity contribution in [2.45, 2.75) is 32.7 Å². The highest BCUT2D eigenvalue weighted by Gasteiger charge is 2.21. The van der Waals surface area contributed by atoms with Gasteiger partial charge in [-0.15, -0.1) is 0 Å². The first-order valence-electron chi connectivity index (χ1n) is 11.5. The molecule has 0 saturated heterocycles. The Bertz CT molecular complexity index is 1320. The van der Waals surface area contributed by atoms with Crippen LogP contribution in [-0.4, -0.2) is 34.6 Å². The van der Waals surface area contributed by atoms with Crippen LogP contribution in [0, 0.1) is 0 Å². The van der Waals surface area contributed by atoms with Crippen molar-refractivity contribution in [3.05, 3.63) is 90.0 Å². The molecule has 1 N–H and O–H groups in total. The maximum absolute atomic E-state index is 11.2. The summed E-state index contributed by atoms with van der Waals surface area (Å²) in [6, 6.07) is 25.8. The summed E-state index contributed by atoms with van der Waals surface area (Å²) >= 11 is 0. The van der Waals surface area contributed by atoms with E-state index >= 15 is 0 Å². The Labute approximate surface area is 205 Å². The van der Waals surface area contributed by atoms with Gasteiger partial charge in [-0.3, -0.25) is 4.68 Å². The van der Waals surface area contributed by atoms with Crippen LogP contribution in [0.3, 0.4) is 0 Å². The molecule has 0 atom stereocenters. The van der Waals surface area contributed by atoms with E-state index in [1.165, 1.54) is 0 Å². The third-order valence-electron chi connectivity index (χ3n) is 5.81. The number of methoxy groups -OCH3 is 1. The molecular weight excluding hydrogens is 440 g/mol. The van der Waals surface area contributed by atoms with E-state index in [0.717, 1.165) is 33.7 Å². The van der Waals surface area contributed by atoms with Crippen LogP contribution in [0.5, 0.6) is 11.5 Å². The van der Waals surface area contributed by atoms with Gasteiger partial charge in [-0.25, -0.2) is 4.79 Å². The zero-order valence-corrected chi connectivity index (χ0v) is 20.5. The Hall–Kier alpha value is -4.06. The Balaban J connectivity index is 1.89. The van der Waals surface area contributed by atoms with Gasteiger partial charge in [0.25, 0.3) is 0 Å². The molecule has 3 aromatic carbocycles. The van der Waals surface area contributed by atoms with Gasteiger partial charge in [0.2, 0.25) is 0 Å². The minimum Gasteiger partial charge on any atom is -0.496 e. The maximum atomic E-state index is 11.2. The van der Waals surface area contributed by atoms with Gasteiger partial charge >= 0.3 is 5.97 Å². The molecule has 0 aliphatic rings. The van der Waals surface area contributed by atoms with E-state index in [4.69, 9.17) is 14.6 Å². The van der Waals surface area contributed by atoms with Gasteiger partial charge in [-0.2, -0.15) is 5.10 Å². The number of ether oxygens (including phenoxy) is 2. The molecule has 6 heteroatoms. The van der Waals surface area contributed by atoms with Crippen molar-refractivity contribution in [3.8, 4) is 34.0 Å². The molecule has 0 unspecified atom stereocenters. The Morgan fingerprint density at radius 2 is 1.63 bits per heavy atom. The molecule has 1 heterocycles. The van der Waals surface area contributed by atoms with Crippen molar-refractivity contribution in [3.63, 3.8) is 0 Å². The number of para-hydroxylation sites is 1. The quantitative estimate of drug-likeness (QED) is 0.340. The average molecular weight is 471 g/mol. The fraction of sp³-hybridized carbons (Fsp3) is 0.241. The van der Waals surface area contributed by atoms with E-state index in [-0.39, 0.29) is 5.41 Å². The summed E-state index contributed by atoms with van der Waals surface area (Å²) in [5.41, 5.74) is 5.39. The number of carboxylic acids is 1.